The minimum absolute atomic E-state index is 0.120. The van der Waals surface area contributed by atoms with E-state index in [0.717, 1.165) is 11.3 Å². The molecular weight excluding hydrogens is 266 g/mol. The predicted octanol–water partition coefficient (Wildman–Crippen LogP) is 2.51. The molecule has 1 unspecified atom stereocenters. The van der Waals surface area contributed by atoms with Crippen molar-refractivity contribution >= 4 is 11.6 Å². The average molecular weight is 285 g/mol. The number of hydrogen-bond acceptors (Lipinski definition) is 3. The van der Waals surface area contributed by atoms with Crippen LogP contribution in [0.2, 0.25) is 0 Å². The Morgan fingerprint density at radius 2 is 2.19 bits per heavy atom. The maximum atomic E-state index is 12.5. The van der Waals surface area contributed by atoms with Gasteiger partial charge in [-0.3, -0.25) is 4.79 Å². The monoisotopic (exact) mass is 285 g/mol. The van der Waals surface area contributed by atoms with E-state index in [4.69, 9.17) is 10.5 Å². The van der Waals surface area contributed by atoms with Gasteiger partial charge in [-0.15, -0.1) is 0 Å². The molecule has 5 nitrogen and oxygen atoms in total. The third-order valence-corrected chi connectivity index (χ3v) is 3.66. The summed E-state index contributed by atoms with van der Waals surface area (Å²) in [6.07, 6.45) is 1.79. The van der Waals surface area contributed by atoms with Gasteiger partial charge >= 0.3 is 0 Å². The molecule has 5 heteroatoms. The number of anilines is 1. The summed E-state index contributed by atoms with van der Waals surface area (Å²) in [6, 6.07) is 9.52. The van der Waals surface area contributed by atoms with Gasteiger partial charge in [0.1, 0.15) is 18.1 Å². The lowest BCUT2D eigenvalue weighted by Crippen LogP contribution is -2.31. The topological polar surface area (TPSA) is 69.3 Å². The smallest absolute Gasteiger partial charge is 0.268 e. The fourth-order valence-corrected chi connectivity index (χ4v) is 2.62. The van der Waals surface area contributed by atoms with E-state index in [-0.39, 0.29) is 18.0 Å². The number of rotatable bonds is 3. The molecule has 21 heavy (non-hydrogen) atoms. The minimum atomic E-state index is -0.134. The molecule has 3 rings (SSSR count). The zero-order valence-corrected chi connectivity index (χ0v) is 12.2. The van der Waals surface area contributed by atoms with Crippen LogP contribution in [0.15, 0.2) is 36.5 Å². The molecule has 2 aromatic rings. The van der Waals surface area contributed by atoms with Crippen LogP contribution in [0.3, 0.4) is 0 Å². The standard InChI is InChI=1S/C16H19N3O2/c1-10(2)19-8-11(17)7-14(19)16(20)18-13-9-21-15-6-4-3-5-12(13)15/h3-8,10,13H,9,17H2,1-2H3,(H,18,20). The van der Waals surface area contributed by atoms with Crippen molar-refractivity contribution in [2.75, 3.05) is 12.3 Å². The Hall–Kier alpha value is -2.43. The van der Waals surface area contributed by atoms with E-state index in [1.165, 1.54) is 0 Å². The van der Waals surface area contributed by atoms with Gasteiger partial charge in [0, 0.05) is 17.8 Å². The predicted molar refractivity (Wildman–Crippen MR) is 81.4 cm³/mol. The quantitative estimate of drug-likeness (QED) is 0.910. The maximum Gasteiger partial charge on any atom is 0.268 e. The van der Waals surface area contributed by atoms with Crippen LogP contribution in [-0.2, 0) is 0 Å². The van der Waals surface area contributed by atoms with Crippen LogP contribution in [0.1, 0.15) is 42.0 Å². The lowest BCUT2D eigenvalue weighted by atomic mass is 10.1. The Morgan fingerprint density at radius 3 is 2.95 bits per heavy atom. The molecule has 0 radical (unpaired) electrons. The highest BCUT2D eigenvalue weighted by Crippen LogP contribution is 2.32. The van der Waals surface area contributed by atoms with Crippen LogP contribution in [0.25, 0.3) is 0 Å². The van der Waals surface area contributed by atoms with E-state index in [0.29, 0.717) is 18.0 Å². The minimum Gasteiger partial charge on any atom is -0.491 e. The van der Waals surface area contributed by atoms with E-state index in [1.54, 1.807) is 12.3 Å². The first kappa shape index (κ1) is 13.5. The van der Waals surface area contributed by atoms with Crippen molar-refractivity contribution in [2.45, 2.75) is 25.9 Å². The van der Waals surface area contributed by atoms with Gasteiger partial charge in [-0.1, -0.05) is 18.2 Å². The SMILES string of the molecule is CC(C)n1cc(N)cc1C(=O)NC1COc2ccccc21. The molecule has 0 saturated heterocycles. The van der Waals surface area contributed by atoms with Gasteiger partial charge < -0.3 is 20.4 Å². The second-order valence-electron chi connectivity index (χ2n) is 5.53. The number of para-hydroxylation sites is 1. The zero-order chi connectivity index (χ0) is 15.0. The number of carbonyl (C=O) groups excluding carboxylic acids is 1. The largest absolute Gasteiger partial charge is 0.491 e. The first-order chi connectivity index (χ1) is 10.1. The van der Waals surface area contributed by atoms with Crippen LogP contribution < -0.4 is 15.8 Å². The van der Waals surface area contributed by atoms with Crippen LogP contribution in [-0.4, -0.2) is 17.1 Å². The van der Waals surface area contributed by atoms with Crippen LogP contribution in [0.4, 0.5) is 5.69 Å². The number of fused-ring (bicyclic) bond motifs is 1. The Morgan fingerprint density at radius 1 is 1.43 bits per heavy atom. The lowest BCUT2D eigenvalue weighted by molar-refractivity contribution is 0.0919. The van der Waals surface area contributed by atoms with Crippen molar-refractivity contribution < 1.29 is 9.53 Å². The molecule has 0 spiro atoms. The molecule has 2 heterocycles. The van der Waals surface area contributed by atoms with Gasteiger partial charge in [0.25, 0.3) is 5.91 Å². The Labute approximate surface area is 123 Å². The third kappa shape index (κ3) is 2.46. The number of hydrogen-bond donors (Lipinski definition) is 2. The number of ether oxygens (including phenoxy) is 1. The average Bonchev–Trinajstić information content (AvgIpc) is 3.03. The van der Waals surface area contributed by atoms with Crippen molar-refractivity contribution in [3.05, 3.63) is 47.8 Å². The number of nitrogens with zero attached hydrogens (tertiary/aromatic N) is 1. The molecule has 0 bridgehead atoms. The third-order valence-electron chi connectivity index (χ3n) is 3.66. The summed E-state index contributed by atoms with van der Waals surface area (Å²) in [5, 5.41) is 3.02. The highest BCUT2D eigenvalue weighted by atomic mass is 16.5. The first-order valence-corrected chi connectivity index (χ1v) is 7.06. The highest BCUT2D eigenvalue weighted by Gasteiger charge is 2.26. The van der Waals surface area contributed by atoms with Gasteiger partial charge in [0.2, 0.25) is 0 Å². The summed E-state index contributed by atoms with van der Waals surface area (Å²) in [6.45, 7) is 4.50. The normalized spacial score (nSPS) is 16.6. The Balaban J connectivity index is 1.82. The number of benzene rings is 1. The van der Waals surface area contributed by atoms with E-state index < -0.39 is 0 Å². The fourth-order valence-electron chi connectivity index (χ4n) is 2.62. The summed E-state index contributed by atoms with van der Waals surface area (Å²) in [5.74, 6) is 0.701. The molecule has 110 valence electrons. The lowest BCUT2D eigenvalue weighted by Gasteiger charge is -2.15. The number of nitrogens with one attached hydrogen (secondary N) is 1. The second kappa shape index (κ2) is 5.16. The van der Waals surface area contributed by atoms with E-state index >= 15 is 0 Å². The molecule has 1 aromatic heterocycles. The molecule has 1 aliphatic heterocycles. The number of nitrogen functional groups attached to an aromatic ring is 1. The zero-order valence-electron chi connectivity index (χ0n) is 12.2. The van der Waals surface area contributed by atoms with Gasteiger partial charge in [0.15, 0.2) is 0 Å². The molecule has 0 saturated carbocycles. The summed E-state index contributed by atoms with van der Waals surface area (Å²) >= 11 is 0. The van der Waals surface area contributed by atoms with E-state index in [9.17, 15) is 4.79 Å². The summed E-state index contributed by atoms with van der Waals surface area (Å²) in [5.41, 5.74) is 8.00. The number of aromatic nitrogens is 1. The molecule has 0 aliphatic carbocycles. The van der Waals surface area contributed by atoms with Gasteiger partial charge in [-0.05, 0) is 26.0 Å². The van der Waals surface area contributed by atoms with Crippen molar-refractivity contribution in [1.29, 1.82) is 0 Å². The molecular formula is C16H19N3O2. The van der Waals surface area contributed by atoms with Crippen molar-refractivity contribution in [3.8, 4) is 5.75 Å². The van der Waals surface area contributed by atoms with E-state index in [2.05, 4.69) is 5.32 Å². The molecule has 1 aromatic carbocycles. The van der Waals surface area contributed by atoms with E-state index in [1.807, 2.05) is 42.7 Å². The molecule has 1 amide bonds. The van der Waals surface area contributed by atoms with Gasteiger partial charge in [-0.2, -0.15) is 0 Å². The first-order valence-electron chi connectivity index (χ1n) is 7.06. The second-order valence-corrected chi connectivity index (χ2v) is 5.53. The van der Waals surface area contributed by atoms with Crippen molar-refractivity contribution in [2.24, 2.45) is 0 Å². The molecule has 3 N–H and O–H groups in total. The van der Waals surface area contributed by atoms with Crippen LogP contribution in [0.5, 0.6) is 5.75 Å². The maximum absolute atomic E-state index is 12.5. The Kier molecular flexibility index (Phi) is 3.33. The summed E-state index contributed by atoms with van der Waals surface area (Å²) in [4.78, 5) is 12.5. The molecule has 1 aliphatic rings. The molecule has 0 fully saturated rings. The van der Waals surface area contributed by atoms with Crippen LogP contribution >= 0.6 is 0 Å². The summed E-state index contributed by atoms with van der Waals surface area (Å²) in [7, 11) is 0. The number of carbonyl (C=O) groups is 1. The summed E-state index contributed by atoms with van der Waals surface area (Å²) < 4.78 is 7.47. The molecule has 1 atom stereocenters. The fraction of sp³-hybridized carbons (Fsp3) is 0.312. The Bertz CT molecular complexity index is 676. The van der Waals surface area contributed by atoms with Crippen molar-refractivity contribution in [1.82, 2.24) is 9.88 Å². The number of nitrogens with two attached hydrogens (primary N) is 1. The highest BCUT2D eigenvalue weighted by molar-refractivity contribution is 5.94. The van der Waals surface area contributed by atoms with Gasteiger partial charge in [0.05, 0.1) is 11.7 Å². The van der Waals surface area contributed by atoms with Gasteiger partial charge in [-0.25, -0.2) is 0 Å². The van der Waals surface area contributed by atoms with Crippen LogP contribution in [0, 0.1) is 0 Å². The van der Waals surface area contributed by atoms with Crippen molar-refractivity contribution in [3.63, 3.8) is 0 Å². The number of amides is 1.